The molecule has 4 nitrogen and oxygen atoms in total. The molecular weight excluding hydrogens is 431 g/mol. The molecule has 0 bridgehead atoms. The van der Waals surface area contributed by atoms with Gasteiger partial charge in [0.2, 0.25) is 0 Å². The Kier molecular flexibility index (Phi) is 5.62. The van der Waals surface area contributed by atoms with E-state index in [1.807, 2.05) is 0 Å². The highest BCUT2D eigenvalue weighted by Crippen LogP contribution is 2.34. The predicted octanol–water partition coefficient (Wildman–Crippen LogP) is 6.04. The summed E-state index contributed by atoms with van der Waals surface area (Å²) in [5.41, 5.74) is 2.74. The van der Waals surface area contributed by atoms with E-state index in [9.17, 15) is 22.8 Å². The van der Waals surface area contributed by atoms with Gasteiger partial charge in [0.05, 0.1) is 16.8 Å². The summed E-state index contributed by atoms with van der Waals surface area (Å²) in [5.74, 6) is -0.395. The number of ketones is 2. The van der Waals surface area contributed by atoms with Crippen molar-refractivity contribution in [2.45, 2.75) is 31.7 Å². The number of rotatable bonds is 5. The minimum atomic E-state index is -4.81. The van der Waals surface area contributed by atoms with Crippen LogP contribution in [0.4, 0.5) is 13.2 Å². The third-order valence-electron chi connectivity index (χ3n) is 5.24. The first kappa shape index (κ1) is 21.2. The third-order valence-corrected chi connectivity index (χ3v) is 5.54. The summed E-state index contributed by atoms with van der Waals surface area (Å²) in [7, 11) is 0. The zero-order chi connectivity index (χ0) is 22.2. The quantitative estimate of drug-likeness (QED) is 0.479. The summed E-state index contributed by atoms with van der Waals surface area (Å²) in [6.07, 6.45) is -1.99. The highest BCUT2D eigenvalue weighted by atomic mass is 35.5. The molecule has 1 atom stereocenters. The standard InChI is InChI=1S/C23H17ClF3NO3/c24-17-13-16(7-10-22(17)31-23(25,26)27)15-5-3-14(4-6-15)12-21(30)19-8-9-20(29)18-2-1-11-28(18)19/h1-7,10-11,13,19H,8-9,12H2. The maximum atomic E-state index is 12.8. The smallest absolute Gasteiger partial charge is 0.404 e. The number of carbonyl (C=O) groups excluding carboxylic acids is 2. The number of alkyl halides is 3. The number of aromatic nitrogens is 1. The Labute approximate surface area is 181 Å². The minimum Gasteiger partial charge on any atom is -0.404 e. The van der Waals surface area contributed by atoms with Crippen LogP contribution in [0.2, 0.25) is 5.02 Å². The summed E-state index contributed by atoms with van der Waals surface area (Å²) in [5, 5.41) is -0.150. The van der Waals surface area contributed by atoms with Gasteiger partial charge in [-0.3, -0.25) is 9.59 Å². The van der Waals surface area contributed by atoms with E-state index < -0.39 is 12.1 Å². The Balaban J connectivity index is 1.47. The maximum absolute atomic E-state index is 12.8. The number of ether oxygens (including phenoxy) is 1. The number of nitrogens with zero attached hydrogens (tertiary/aromatic N) is 1. The molecule has 0 fully saturated rings. The fraction of sp³-hybridized carbons (Fsp3) is 0.217. The Bertz CT molecular complexity index is 1140. The first-order chi connectivity index (χ1) is 14.7. The minimum absolute atomic E-state index is 0.0226. The Hall–Kier alpha value is -3.06. The lowest BCUT2D eigenvalue weighted by Gasteiger charge is -2.24. The van der Waals surface area contributed by atoms with E-state index in [4.69, 9.17) is 11.6 Å². The summed E-state index contributed by atoms with van der Waals surface area (Å²) < 4.78 is 42.8. The molecule has 1 aromatic heterocycles. The average molecular weight is 448 g/mol. The Morgan fingerprint density at radius 3 is 2.48 bits per heavy atom. The van der Waals surface area contributed by atoms with Gasteiger partial charge in [-0.1, -0.05) is 41.9 Å². The van der Waals surface area contributed by atoms with Crippen molar-refractivity contribution in [1.82, 2.24) is 4.57 Å². The lowest BCUT2D eigenvalue weighted by molar-refractivity contribution is -0.274. The SMILES string of the molecule is O=C1CCC(C(=O)Cc2ccc(-c3ccc(OC(F)(F)F)c(Cl)c3)cc2)n2cccc21. The van der Waals surface area contributed by atoms with Crippen LogP contribution in [0.5, 0.6) is 5.75 Å². The molecule has 2 aromatic carbocycles. The van der Waals surface area contributed by atoms with Gasteiger partial charge in [-0.25, -0.2) is 0 Å². The molecule has 1 unspecified atom stereocenters. The van der Waals surface area contributed by atoms with Crippen LogP contribution in [0.3, 0.4) is 0 Å². The number of hydrogen-bond acceptors (Lipinski definition) is 3. The van der Waals surface area contributed by atoms with Crippen LogP contribution < -0.4 is 4.74 Å². The molecule has 8 heteroatoms. The van der Waals surface area contributed by atoms with Gasteiger partial charge >= 0.3 is 6.36 Å². The monoisotopic (exact) mass is 447 g/mol. The first-order valence-electron chi connectivity index (χ1n) is 9.58. The second kappa shape index (κ2) is 8.23. The molecular formula is C23H17ClF3NO3. The van der Waals surface area contributed by atoms with Crippen LogP contribution in [0.25, 0.3) is 11.1 Å². The fourth-order valence-corrected chi connectivity index (χ4v) is 3.99. The number of benzene rings is 2. The molecule has 0 saturated carbocycles. The third kappa shape index (κ3) is 4.66. The molecule has 0 amide bonds. The van der Waals surface area contributed by atoms with Crippen molar-refractivity contribution in [2.75, 3.05) is 0 Å². The zero-order valence-electron chi connectivity index (χ0n) is 16.2. The van der Waals surface area contributed by atoms with Gasteiger partial charge in [0.15, 0.2) is 11.6 Å². The van der Waals surface area contributed by atoms with Gasteiger partial charge in [-0.15, -0.1) is 13.2 Å². The van der Waals surface area contributed by atoms with E-state index in [0.29, 0.717) is 24.1 Å². The van der Waals surface area contributed by atoms with Crippen LogP contribution in [0, 0.1) is 0 Å². The lowest BCUT2D eigenvalue weighted by Crippen LogP contribution is -2.28. The average Bonchev–Trinajstić information content (AvgIpc) is 3.20. The van der Waals surface area contributed by atoms with Crippen molar-refractivity contribution in [1.29, 1.82) is 0 Å². The molecule has 0 radical (unpaired) electrons. The van der Waals surface area contributed by atoms with Crippen LogP contribution in [-0.4, -0.2) is 22.5 Å². The molecule has 160 valence electrons. The van der Waals surface area contributed by atoms with Crippen molar-refractivity contribution in [2.24, 2.45) is 0 Å². The van der Waals surface area contributed by atoms with Gasteiger partial charge in [-0.2, -0.15) is 0 Å². The van der Waals surface area contributed by atoms with Crippen molar-refractivity contribution >= 4 is 23.2 Å². The highest BCUT2D eigenvalue weighted by molar-refractivity contribution is 6.32. The molecule has 1 aliphatic rings. The van der Waals surface area contributed by atoms with Gasteiger partial charge in [0.1, 0.15) is 5.75 Å². The second-order valence-corrected chi connectivity index (χ2v) is 7.72. The van der Waals surface area contributed by atoms with Crippen LogP contribution in [-0.2, 0) is 11.2 Å². The predicted molar refractivity (Wildman–Crippen MR) is 109 cm³/mol. The normalized spacial score (nSPS) is 16.1. The van der Waals surface area contributed by atoms with Crippen molar-refractivity contribution in [3.8, 4) is 16.9 Å². The van der Waals surface area contributed by atoms with Crippen LogP contribution in [0.1, 0.15) is 34.9 Å². The van der Waals surface area contributed by atoms with E-state index >= 15 is 0 Å². The topological polar surface area (TPSA) is 48.3 Å². The first-order valence-corrected chi connectivity index (χ1v) is 9.96. The highest BCUT2D eigenvalue weighted by Gasteiger charge is 2.32. The number of fused-ring (bicyclic) bond motifs is 1. The Morgan fingerprint density at radius 2 is 1.81 bits per heavy atom. The summed E-state index contributed by atoms with van der Waals surface area (Å²) >= 11 is 5.92. The van der Waals surface area contributed by atoms with Crippen LogP contribution >= 0.6 is 11.6 Å². The largest absolute Gasteiger partial charge is 0.573 e. The summed E-state index contributed by atoms with van der Waals surface area (Å²) in [4.78, 5) is 24.8. The van der Waals surface area contributed by atoms with E-state index in [-0.39, 0.29) is 29.1 Å². The van der Waals surface area contributed by atoms with Crippen LogP contribution in [0.15, 0.2) is 60.8 Å². The molecule has 0 N–H and O–H groups in total. The maximum Gasteiger partial charge on any atom is 0.573 e. The summed E-state index contributed by atoms with van der Waals surface area (Å²) in [6, 6.07) is 14.3. The van der Waals surface area contributed by atoms with E-state index in [2.05, 4.69) is 4.74 Å². The van der Waals surface area contributed by atoms with E-state index in [1.165, 1.54) is 18.2 Å². The summed E-state index contributed by atoms with van der Waals surface area (Å²) in [6.45, 7) is 0. The lowest BCUT2D eigenvalue weighted by atomic mass is 9.94. The van der Waals surface area contributed by atoms with E-state index in [1.54, 1.807) is 47.2 Å². The van der Waals surface area contributed by atoms with Gasteiger partial charge in [-0.05, 0) is 47.4 Å². The molecule has 3 aromatic rings. The molecule has 0 saturated heterocycles. The molecule has 4 rings (SSSR count). The molecule has 0 spiro atoms. The fourth-order valence-electron chi connectivity index (χ4n) is 3.77. The number of halogens is 4. The van der Waals surface area contributed by atoms with Crippen molar-refractivity contribution in [3.05, 3.63) is 77.1 Å². The number of hydrogen-bond donors (Lipinski definition) is 0. The van der Waals surface area contributed by atoms with Crippen molar-refractivity contribution in [3.63, 3.8) is 0 Å². The van der Waals surface area contributed by atoms with Gasteiger partial charge < -0.3 is 9.30 Å². The van der Waals surface area contributed by atoms with Gasteiger partial charge in [0.25, 0.3) is 0 Å². The number of carbonyl (C=O) groups is 2. The Morgan fingerprint density at radius 1 is 1.10 bits per heavy atom. The van der Waals surface area contributed by atoms with Gasteiger partial charge in [0, 0.05) is 19.0 Å². The zero-order valence-corrected chi connectivity index (χ0v) is 16.9. The van der Waals surface area contributed by atoms with Crippen molar-refractivity contribution < 1.29 is 27.5 Å². The number of Topliss-reactive ketones (excluding diaryl/α,β-unsaturated/α-hetero) is 2. The molecule has 2 heterocycles. The second-order valence-electron chi connectivity index (χ2n) is 7.31. The van der Waals surface area contributed by atoms with E-state index in [0.717, 1.165) is 11.1 Å². The molecule has 31 heavy (non-hydrogen) atoms. The molecule has 1 aliphatic heterocycles. The molecule has 0 aliphatic carbocycles.